The molecule has 4 nitrogen and oxygen atoms in total. The van der Waals surface area contributed by atoms with Gasteiger partial charge in [0.2, 0.25) is 0 Å². The fourth-order valence-corrected chi connectivity index (χ4v) is 2.53. The number of aryl methyl sites for hydroxylation is 1. The van der Waals surface area contributed by atoms with Crippen molar-refractivity contribution in [3.63, 3.8) is 0 Å². The van der Waals surface area contributed by atoms with Crippen LogP contribution in [0.4, 0.5) is 13.2 Å². The van der Waals surface area contributed by atoms with Gasteiger partial charge in [-0.1, -0.05) is 30.0 Å². The third-order valence-corrected chi connectivity index (χ3v) is 3.78. The highest BCUT2D eigenvalue weighted by Crippen LogP contribution is 2.35. The van der Waals surface area contributed by atoms with E-state index >= 15 is 0 Å². The van der Waals surface area contributed by atoms with Crippen molar-refractivity contribution < 1.29 is 18.3 Å². The molecule has 0 spiro atoms. The second-order valence-electron chi connectivity index (χ2n) is 4.14. The number of aromatic nitrogens is 3. The molecule has 0 radical (unpaired) electrons. The number of benzene rings is 1. The molecule has 0 fully saturated rings. The van der Waals surface area contributed by atoms with Crippen molar-refractivity contribution >= 4 is 11.8 Å². The number of hydrogen-bond acceptors (Lipinski definition) is 4. The van der Waals surface area contributed by atoms with Gasteiger partial charge >= 0.3 is 6.18 Å². The zero-order valence-corrected chi connectivity index (χ0v) is 11.3. The SMILES string of the molecule is Cn1cnnc1SCC(O)c1ccccc1C(F)(F)F. The second-order valence-corrected chi connectivity index (χ2v) is 5.12. The summed E-state index contributed by atoms with van der Waals surface area (Å²) in [6.07, 6.45) is -4.22. The number of halogens is 3. The van der Waals surface area contributed by atoms with Crippen molar-refractivity contribution in [1.29, 1.82) is 0 Å². The largest absolute Gasteiger partial charge is 0.416 e. The van der Waals surface area contributed by atoms with Crippen LogP contribution >= 0.6 is 11.8 Å². The molecule has 1 aromatic heterocycles. The number of rotatable bonds is 4. The van der Waals surface area contributed by atoms with Crippen LogP contribution in [0.3, 0.4) is 0 Å². The van der Waals surface area contributed by atoms with Gasteiger partial charge in [0.1, 0.15) is 6.33 Å². The maximum atomic E-state index is 12.8. The van der Waals surface area contributed by atoms with E-state index in [9.17, 15) is 18.3 Å². The number of aliphatic hydroxyl groups is 1. The third kappa shape index (κ3) is 3.31. The number of aliphatic hydroxyl groups excluding tert-OH is 1. The minimum Gasteiger partial charge on any atom is -0.388 e. The smallest absolute Gasteiger partial charge is 0.388 e. The molecule has 108 valence electrons. The molecule has 0 saturated heterocycles. The molecule has 1 N–H and O–H groups in total. The lowest BCUT2D eigenvalue weighted by atomic mass is 10.0. The normalized spacial score (nSPS) is 13.4. The van der Waals surface area contributed by atoms with Crippen LogP contribution in [-0.2, 0) is 13.2 Å². The van der Waals surface area contributed by atoms with Gasteiger partial charge in [0, 0.05) is 12.8 Å². The molecule has 8 heteroatoms. The van der Waals surface area contributed by atoms with E-state index in [1.807, 2.05) is 0 Å². The molecule has 1 unspecified atom stereocenters. The molecule has 2 aromatic rings. The van der Waals surface area contributed by atoms with E-state index in [0.717, 1.165) is 17.8 Å². The van der Waals surface area contributed by atoms with Crippen LogP contribution in [0.1, 0.15) is 17.2 Å². The Hall–Kier alpha value is -1.54. The van der Waals surface area contributed by atoms with Gasteiger partial charge in [-0.25, -0.2) is 0 Å². The Balaban J connectivity index is 2.14. The van der Waals surface area contributed by atoms with Crippen molar-refractivity contribution in [2.45, 2.75) is 17.4 Å². The van der Waals surface area contributed by atoms with Crippen LogP contribution < -0.4 is 0 Å². The van der Waals surface area contributed by atoms with Gasteiger partial charge in [-0.2, -0.15) is 13.2 Å². The molecule has 1 atom stereocenters. The summed E-state index contributed by atoms with van der Waals surface area (Å²) in [4.78, 5) is 0. The molecular weight excluding hydrogens is 291 g/mol. The fraction of sp³-hybridized carbons (Fsp3) is 0.333. The van der Waals surface area contributed by atoms with Crippen molar-refractivity contribution in [2.75, 3.05) is 5.75 Å². The van der Waals surface area contributed by atoms with Gasteiger partial charge in [-0.3, -0.25) is 0 Å². The first-order chi connectivity index (χ1) is 9.39. The van der Waals surface area contributed by atoms with Crippen LogP contribution in [0.15, 0.2) is 35.7 Å². The summed E-state index contributed by atoms with van der Waals surface area (Å²) in [5, 5.41) is 18.0. The van der Waals surface area contributed by atoms with Crippen LogP contribution in [0.2, 0.25) is 0 Å². The lowest BCUT2D eigenvalue weighted by molar-refractivity contribution is -0.139. The zero-order valence-electron chi connectivity index (χ0n) is 10.5. The summed E-state index contributed by atoms with van der Waals surface area (Å²) < 4.78 is 40.2. The maximum Gasteiger partial charge on any atom is 0.416 e. The van der Waals surface area contributed by atoms with E-state index in [1.165, 1.54) is 24.5 Å². The number of alkyl halides is 3. The monoisotopic (exact) mass is 303 g/mol. The molecule has 0 aliphatic carbocycles. The van der Waals surface area contributed by atoms with E-state index in [2.05, 4.69) is 10.2 Å². The summed E-state index contributed by atoms with van der Waals surface area (Å²) in [7, 11) is 1.72. The Kier molecular flexibility index (Phi) is 4.34. The average molecular weight is 303 g/mol. The molecule has 1 aromatic carbocycles. The summed E-state index contributed by atoms with van der Waals surface area (Å²) in [5.74, 6) is 0.0691. The first kappa shape index (κ1) is 14.9. The Bertz CT molecular complexity index is 585. The van der Waals surface area contributed by atoms with Crippen molar-refractivity contribution in [1.82, 2.24) is 14.8 Å². The van der Waals surface area contributed by atoms with Gasteiger partial charge in [0.25, 0.3) is 0 Å². The van der Waals surface area contributed by atoms with Crippen LogP contribution in [0.5, 0.6) is 0 Å². The Morgan fingerprint density at radius 1 is 1.35 bits per heavy atom. The lowest BCUT2D eigenvalue weighted by Gasteiger charge is -2.16. The van der Waals surface area contributed by atoms with E-state index in [1.54, 1.807) is 11.6 Å². The highest BCUT2D eigenvalue weighted by atomic mass is 32.2. The molecule has 1 heterocycles. The van der Waals surface area contributed by atoms with Crippen LogP contribution in [0, 0.1) is 0 Å². The highest BCUT2D eigenvalue weighted by Gasteiger charge is 2.34. The summed E-state index contributed by atoms with van der Waals surface area (Å²) in [6, 6.07) is 5.02. The lowest BCUT2D eigenvalue weighted by Crippen LogP contribution is -2.13. The van der Waals surface area contributed by atoms with Gasteiger partial charge in [0.05, 0.1) is 11.7 Å². The minimum absolute atomic E-state index is 0.0691. The Morgan fingerprint density at radius 2 is 2.05 bits per heavy atom. The second kappa shape index (κ2) is 5.84. The first-order valence-corrected chi connectivity index (χ1v) is 6.69. The Morgan fingerprint density at radius 3 is 2.65 bits per heavy atom. The predicted octanol–water partition coefficient (Wildman–Crippen LogP) is 2.66. The third-order valence-electron chi connectivity index (χ3n) is 2.67. The van der Waals surface area contributed by atoms with Crippen LogP contribution in [-0.4, -0.2) is 25.6 Å². The van der Waals surface area contributed by atoms with E-state index in [-0.39, 0.29) is 11.3 Å². The molecule has 0 aliphatic heterocycles. The average Bonchev–Trinajstić information content (AvgIpc) is 2.80. The highest BCUT2D eigenvalue weighted by molar-refractivity contribution is 7.99. The predicted molar refractivity (Wildman–Crippen MR) is 68.1 cm³/mol. The van der Waals surface area contributed by atoms with Crippen molar-refractivity contribution in [3.05, 3.63) is 41.7 Å². The van der Waals surface area contributed by atoms with Crippen molar-refractivity contribution in [2.24, 2.45) is 7.05 Å². The van der Waals surface area contributed by atoms with E-state index < -0.39 is 17.8 Å². The zero-order chi connectivity index (χ0) is 14.8. The molecule has 2 rings (SSSR count). The molecule has 0 amide bonds. The topological polar surface area (TPSA) is 50.9 Å². The first-order valence-electron chi connectivity index (χ1n) is 5.70. The minimum atomic E-state index is -4.48. The summed E-state index contributed by atoms with van der Waals surface area (Å²) in [5.41, 5.74) is -0.944. The number of thioether (sulfide) groups is 1. The van der Waals surface area contributed by atoms with E-state index in [4.69, 9.17) is 0 Å². The number of hydrogen-bond donors (Lipinski definition) is 1. The van der Waals surface area contributed by atoms with Crippen molar-refractivity contribution in [3.8, 4) is 0 Å². The van der Waals surface area contributed by atoms with Gasteiger partial charge in [0.15, 0.2) is 5.16 Å². The van der Waals surface area contributed by atoms with Gasteiger partial charge in [-0.05, 0) is 11.6 Å². The molecular formula is C12H12F3N3OS. The summed E-state index contributed by atoms with van der Waals surface area (Å²) >= 11 is 1.15. The van der Waals surface area contributed by atoms with Gasteiger partial charge < -0.3 is 9.67 Å². The quantitative estimate of drug-likeness (QED) is 0.882. The molecule has 0 bridgehead atoms. The van der Waals surface area contributed by atoms with E-state index in [0.29, 0.717) is 5.16 Å². The fourth-order valence-electron chi connectivity index (χ4n) is 1.69. The van der Waals surface area contributed by atoms with Gasteiger partial charge in [-0.15, -0.1) is 10.2 Å². The molecule has 0 saturated carbocycles. The molecule has 20 heavy (non-hydrogen) atoms. The van der Waals surface area contributed by atoms with Crippen LogP contribution in [0.25, 0.3) is 0 Å². The Labute approximate surface area is 117 Å². The standard InChI is InChI=1S/C12H12F3N3OS/c1-18-7-16-17-11(18)20-6-10(19)8-4-2-3-5-9(8)12(13,14)15/h2-5,7,10,19H,6H2,1H3. The summed E-state index contributed by atoms with van der Waals surface area (Å²) in [6.45, 7) is 0. The number of nitrogens with zero attached hydrogens (tertiary/aromatic N) is 3. The maximum absolute atomic E-state index is 12.8. The molecule has 0 aliphatic rings.